The Morgan fingerprint density at radius 2 is 1.47 bits per heavy atom. The Hall–Kier alpha value is -3.84. The van der Waals surface area contributed by atoms with Gasteiger partial charge >= 0.3 is 11.9 Å². The number of aromatic nitrogens is 2. The van der Waals surface area contributed by atoms with Gasteiger partial charge in [-0.3, -0.25) is 0 Å². The lowest BCUT2D eigenvalue weighted by molar-refractivity contribution is -0.137. The predicted octanol–water partition coefficient (Wildman–Crippen LogP) is 4.77. The third kappa shape index (κ3) is 4.22. The number of dihydropyridines is 1. The molecule has 1 aromatic heterocycles. The molecule has 1 N–H and O–H groups in total. The molecule has 1 aliphatic rings. The molecule has 0 saturated carbocycles. The van der Waals surface area contributed by atoms with Gasteiger partial charge in [-0.2, -0.15) is 5.10 Å². The zero-order chi connectivity index (χ0) is 24.4. The van der Waals surface area contributed by atoms with Crippen LogP contribution in [0, 0.1) is 0 Å². The fraction of sp³-hybridized carbons (Fsp3) is 0.192. The number of ether oxygens (including phenoxy) is 2. The quantitative estimate of drug-likeness (QED) is 0.533. The Morgan fingerprint density at radius 3 is 2.00 bits per heavy atom. The Bertz CT molecular complexity index is 1270. The lowest BCUT2D eigenvalue weighted by Crippen LogP contribution is -2.32. The van der Waals surface area contributed by atoms with E-state index in [4.69, 9.17) is 26.2 Å². The molecule has 7 nitrogen and oxygen atoms in total. The highest BCUT2D eigenvalue weighted by Crippen LogP contribution is 2.43. The topological polar surface area (TPSA) is 82.5 Å². The highest BCUT2D eigenvalue weighted by Gasteiger charge is 2.40. The van der Waals surface area contributed by atoms with Crippen molar-refractivity contribution in [2.24, 2.45) is 0 Å². The number of hydrogen-bond donors (Lipinski definition) is 1. The summed E-state index contributed by atoms with van der Waals surface area (Å²) >= 11 is 6.12. The fourth-order valence-corrected chi connectivity index (χ4v) is 4.34. The van der Waals surface area contributed by atoms with Crippen LogP contribution in [0.25, 0.3) is 16.9 Å². The second-order valence-electron chi connectivity index (χ2n) is 7.84. The maximum absolute atomic E-state index is 13.0. The number of esters is 2. The molecule has 0 amide bonds. The summed E-state index contributed by atoms with van der Waals surface area (Å²) < 4.78 is 11.9. The Morgan fingerprint density at radius 1 is 0.912 bits per heavy atom. The molecule has 0 unspecified atom stereocenters. The van der Waals surface area contributed by atoms with Crippen LogP contribution in [0.5, 0.6) is 0 Å². The number of benzene rings is 2. The largest absolute Gasteiger partial charge is 0.466 e. The smallest absolute Gasteiger partial charge is 0.336 e. The lowest BCUT2D eigenvalue weighted by Gasteiger charge is -2.29. The highest BCUT2D eigenvalue weighted by molar-refractivity contribution is 6.30. The summed E-state index contributed by atoms with van der Waals surface area (Å²) in [6.07, 6.45) is 1.84. The van der Waals surface area contributed by atoms with Gasteiger partial charge < -0.3 is 14.8 Å². The van der Waals surface area contributed by atoms with Crippen molar-refractivity contribution in [2.45, 2.75) is 19.8 Å². The maximum atomic E-state index is 13.0. The molecule has 2 aromatic carbocycles. The molecule has 0 spiro atoms. The van der Waals surface area contributed by atoms with E-state index in [0.717, 1.165) is 11.3 Å². The first-order valence-electron chi connectivity index (χ1n) is 10.6. The van der Waals surface area contributed by atoms with E-state index < -0.39 is 17.9 Å². The van der Waals surface area contributed by atoms with Crippen LogP contribution in [0.2, 0.25) is 5.02 Å². The second-order valence-corrected chi connectivity index (χ2v) is 8.28. The third-order valence-corrected chi connectivity index (χ3v) is 6.01. The monoisotopic (exact) mass is 477 g/mol. The minimum Gasteiger partial charge on any atom is -0.466 e. The standard InChI is InChI=1S/C26H24ClN3O4/c1-15-21(25(31)33-3)23(22(16(2)28-15)26(32)34-4)20-14-30(19-8-6-5-7-9-19)29-24(20)17-10-12-18(27)13-11-17/h5-14,23,28H,1-4H3. The van der Waals surface area contributed by atoms with Gasteiger partial charge in [0.15, 0.2) is 0 Å². The number of halogens is 1. The summed E-state index contributed by atoms with van der Waals surface area (Å²) in [5, 5.41) is 8.57. The summed E-state index contributed by atoms with van der Waals surface area (Å²) in [5.41, 5.74) is 4.71. The van der Waals surface area contributed by atoms with Crippen molar-refractivity contribution in [1.29, 1.82) is 0 Å². The van der Waals surface area contributed by atoms with Gasteiger partial charge in [-0.1, -0.05) is 41.9 Å². The van der Waals surface area contributed by atoms with Gasteiger partial charge in [0.25, 0.3) is 0 Å². The molecule has 0 radical (unpaired) electrons. The number of rotatable bonds is 5. The summed E-state index contributed by atoms with van der Waals surface area (Å²) in [5.74, 6) is -1.85. The summed E-state index contributed by atoms with van der Waals surface area (Å²) in [7, 11) is 2.63. The zero-order valence-corrected chi connectivity index (χ0v) is 20.0. The van der Waals surface area contributed by atoms with E-state index in [1.807, 2.05) is 48.7 Å². The van der Waals surface area contributed by atoms with E-state index in [1.54, 1.807) is 30.7 Å². The van der Waals surface area contributed by atoms with Crippen molar-refractivity contribution >= 4 is 23.5 Å². The third-order valence-electron chi connectivity index (χ3n) is 5.76. The summed E-state index contributed by atoms with van der Waals surface area (Å²) in [6, 6.07) is 16.9. The number of nitrogens with zero attached hydrogens (tertiary/aromatic N) is 2. The number of para-hydroxylation sites is 1. The minimum absolute atomic E-state index is 0.316. The minimum atomic E-state index is -0.760. The van der Waals surface area contributed by atoms with E-state index in [9.17, 15) is 9.59 Å². The first kappa shape index (κ1) is 23.3. The Balaban J connectivity index is 2.02. The molecule has 0 atom stereocenters. The second kappa shape index (κ2) is 9.57. The molecule has 8 heteroatoms. The van der Waals surface area contributed by atoms with Crippen molar-refractivity contribution in [1.82, 2.24) is 15.1 Å². The van der Waals surface area contributed by atoms with Crippen molar-refractivity contribution < 1.29 is 19.1 Å². The van der Waals surface area contributed by atoms with Crippen molar-refractivity contribution in [3.63, 3.8) is 0 Å². The Labute approximate surface area is 202 Å². The molecule has 3 aromatic rings. The van der Waals surface area contributed by atoms with Crippen LogP contribution < -0.4 is 5.32 Å². The molecule has 174 valence electrons. The molecular formula is C26H24ClN3O4. The van der Waals surface area contributed by atoms with Crippen molar-refractivity contribution in [2.75, 3.05) is 14.2 Å². The molecule has 0 bridgehead atoms. The Kier molecular flexibility index (Phi) is 6.56. The van der Waals surface area contributed by atoms with Crippen LogP contribution >= 0.6 is 11.6 Å². The average molecular weight is 478 g/mol. The number of carbonyl (C=O) groups is 2. The molecule has 0 fully saturated rings. The number of allylic oxidation sites excluding steroid dienone is 2. The van der Waals surface area contributed by atoms with Gasteiger partial charge in [-0.15, -0.1) is 0 Å². The van der Waals surface area contributed by atoms with Crippen molar-refractivity contribution in [3.8, 4) is 16.9 Å². The van der Waals surface area contributed by atoms with E-state index in [1.165, 1.54) is 14.2 Å². The van der Waals surface area contributed by atoms with Gasteiger partial charge in [0, 0.05) is 33.7 Å². The van der Waals surface area contributed by atoms with E-state index in [0.29, 0.717) is 38.8 Å². The highest BCUT2D eigenvalue weighted by atomic mass is 35.5. The van der Waals surface area contributed by atoms with Gasteiger partial charge in [0.2, 0.25) is 0 Å². The predicted molar refractivity (Wildman–Crippen MR) is 129 cm³/mol. The van der Waals surface area contributed by atoms with E-state index in [2.05, 4.69) is 5.32 Å². The first-order valence-corrected chi connectivity index (χ1v) is 11.0. The number of hydrogen-bond acceptors (Lipinski definition) is 6. The van der Waals surface area contributed by atoms with Crippen LogP contribution in [0.15, 0.2) is 83.3 Å². The van der Waals surface area contributed by atoms with Crippen molar-refractivity contribution in [3.05, 3.63) is 93.9 Å². The number of methoxy groups -OCH3 is 2. The van der Waals surface area contributed by atoms with Gasteiger partial charge in [-0.25, -0.2) is 14.3 Å². The van der Waals surface area contributed by atoms with E-state index >= 15 is 0 Å². The first-order chi connectivity index (χ1) is 16.3. The van der Waals surface area contributed by atoms with Crippen LogP contribution in [0.4, 0.5) is 0 Å². The molecule has 4 rings (SSSR count). The summed E-state index contributed by atoms with van der Waals surface area (Å²) in [4.78, 5) is 25.9. The van der Waals surface area contributed by atoms with Crippen LogP contribution in [-0.4, -0.2) is 35.9 Å². The average Bonchev–Trinajstić information content (AvgIpc) is 3.29. The molecule has 34 heavy (non-hydrogen) atoms. The zero-order valence-electron chi connectivity index (χ0n) is 19.3. The molecule has 2 heterocycles. The lowest BCUT2D eigenvalue weighted by atomic mass is 9.79. The SMILES string of the molecule is COC(=O)C1=C(C)NC(C)=C(C(=O)OC)C1c1cn(-c2ccccc2)nc1-c1ccc(Cl)cc1. The fourth-order valence-electron chi connectivity index (χ4n) is 4.21. The van der Waals surface area contributed by atoms with Gasteiger partial charge in [0.1, 0.15) is 0 Å². The maximum Gasteiger partial charge on any atom is 0.336 e. The normalized spacial score (nSPS) is 14.1. The number of carbonyl (C=O) groups excluding carboxylic acids is 2. The molecular weight excluding hydrogens is 454 g/mol. The summed E-state index contributed by atoms with van der Waals surface area (Å²) in [6.45, 7) is 3.56. The molecule has 1 aliphatic heterocycles. The molecule has 0 saturated heterocycles. The van der Waals surface area contributed by atoms with Gasteiger partial charge in [-0.05, 0) is 38.1 Å². The van der Waals surface area contributed by atoms with Crippen LogP contribution in [0.3, 0.4) is 0 Å². The molecule has 0 aliphatic carbocycles. The van der Waals surface area contributed by atoms with Crippen LogP contribution in [-0.2, 0) is 19.1 Å². The number of nitrogens with one attached hydrogen (secondary N) is 1. The van der Waals surface area contributed by atoms with E-state index in [-0.39, 0.29) is 0 Å². The van der Waals surface area contributed by atoms with Crippen LogP contribution in [0.1, 0.15) is 25.3 Å². The van der Waals surface area contributed by atoms with Gasteiger partial charge in [0.05, 0.1) is 42.7 Å².